The number of hydrogen-bond donors (Lipinski definition) is 1. The fourth-order valence-electron chi connectivity index (χ4n) is 4.14. The lowest BCUT2D eigenvalue weighted by Gasteiger charge is -2.20. The molecule has 1 heterocycles. The van der Waals surface area contributed by atoms with Crippen LogP contribution in [-0.4, -0.2) is 29.8 Å². The molecule has 1 atom stereocenters. The number of hydrogen-bond acceptors (Lipinski definition) is 2. The van der Waals surface area contributed by atoms with E-state index >= 15 is 0 Å². The van der Waals surface area contributed by atoms with Gasteiger partial charge in [-0.3, -0.25) is 9.59 Å². The van der Waals surface area contributed by atoms with E-state index in [1.54, 1.807) is 0 Å². The van der Waals surface area contributed by atoms with Gasteiger partial charge in [-0.15, -0.1) is 0 Å². The molecule has 0 spiro atoms. The van der Waals surface area contributed by atoms with Crippen LogP contribution in [0.25, 0.3) is 0 Å². The van der Waals surface area contributed by atoms with Crippen LogP contribution in [0.15, 0.2) is 29.8 Å². The first-order valence-corrected chi connectivity index (χ1v) is 10.3. The molecule has 146 valence electrons. The lowest BCUT2D eigenvalue weighted by atomic mass is 9.97. The van der Waals surface area contributed by atoms with Gasteiger partial charge in [0, 0.05) is 25.2 Å². The Labute approximate surface area is 163 Å². The summed E-state index contributed by atoms with van der Waals surface area (Å²) >= 11 is 0. The van der Waals surface area contributed by atoms with Crippen LogP contribution in [0, 0.1) is 12.8 Å². The summed E-state index contributed by atoms with van der Waals surface area (Å²) in [6.45, 7) is 7.57. The third-order valence-electron chi connectivity index (χ3n) is 5.85. The van der Waals surface area contributed by atoms with Gasteiger partial charge in [0.05, 0.1) is 5.92 Å². The molecule has 2 aliphatic rings. The number of nitrogens with one attached hydrogen (secondary N) is 1. The second kappa shape index (κ2) is 8.73. The van der Waals surface area contributed by atoms with Gasteiger partial charge in [0.2, 0.25) is 11.8 Å². The first-order chi connectivity index (χ1) is 13.0. The Hall–Kier alpha value is -2.10. The van der Waals surface area contributed by atoms with Gasteiger partial charge in [0.15, 0.2) is 0 Å². The van der Waals surface area contributed by atoms with Crippen molar-refractivity contribution >= 4 is 17.5 Å². The van der Waals surface area contributed by atoms with Gasteiger partial charge in [-0.25, -0.2) is 0 Å². The summed E-state index contributed by atoms with van der Waals surface area (Å²) in [4.78, 5) is 27.1. The average molecular weight is 369 g/mol. The molecule has 0 bridgehead atoms. The number of amides is 2. The molecule has 1 aromatic carbocycles. The Morgan fingerprint density at radius 1 is 1.30 bits per heavy atom. The van der Waals surface area contributed by atoms with E-state index in [-0.39, 0.29) is 17.7 Å². The zero-order valence-corrected chi connectivity index (χ0v) is 16.9. The second-order valence-electron chi connectivity index (χ2n) is 8.28. The topological polar surface area (TPSA) is 49.4 Å². The molecular formula is C23H32N2O2. The number of carbonyl (C=O) groups is 2. The van der Waals surface area contributed by atoms with Crippen LogP contribution in [0.4, 0.5) is 5.69 Å². The molecule has 4 heteroatoms. The normalized spacial score (nSPS) is 20.1. The highest BCUT2D eigenvalue weighted by atomic mass is 16.2. The molecule has 27 heavy (non-hydrogen) atoms. The maximum Gasteiger partial charge on any atom is 0.229 e. The molecule has 1 saturated heterocycles. The molecule has 1 aliphatic heterocycles. The Bertz CT molecular complexity index is 736. The fraction of sp³-hybridized carbons (Fsp3) is 0.565. The summed E-state index contributed by atoms with van der Waals surface area (Å²) in [7, 11) is 0. The molecule has 1 unspecified atom stereocenters. The van der Waals surface area contributed by atoms with E-state index < -0.39 is 0 Å². The molecule has 0 saturated carbocycles. The molecule has 3 rings (SSSR count). The number of benzene rings is 1. The Kier molecular flexibility index (Phi) is 6.35. The van der Waals surface area contributed by atoms with E-state index in [1.165, 1.54) is 24.8 Å². The number of nitrogens with zero attached hydrogens (tertiary/aromatic N) is 1. The van der Waals surface area contributed by atoms with Crippen molar-refractivity contribution in [1.29, 1.82) is 0 Å². The molecule has 1 fully saturated rings. The highest BCUT2D eigenvalue weighted by Crippen LogP contribution is 2.29. The molecule has 1 aromatic rings. The maximum absolute atomic E-state index is 12.8. The SMILES string of the molecule is Cc1cccc(C(C)C)c1NC(=O)C1CC(=O)N(CCC2=CCCCC2)C1. The number of aryl methyl sites for hydroxylation is 1. The third kappa shape index (κ3) is 4.79. The van der Waals surface area contributed by atoms with Crippen molar-refractivity contribution in [2.75, 3.05) is 18.4 Å². The summed E-state index contributed by atoms with van der Waals surface area (Å²) in [6.07, 6.45) is 8.49. The van der Waals surface area contributed by atoms with Gasteiger partial charge in [-0.2, -0.15) is 0 Å². The largest absolute Gasteiger partial charge is 0.342 e. The highest BCUT2D eigenvalue weighted by molar-refractivity contribution is 5.98. The van der Waals surface area contributed by atoms with Crippen molar-refractivity contribution in [2.24, 2.45) is 5.92 Å². The van der Waals surface area contributed by atoms with Crippen molar-refractivity contribution in [3.05, 3.63) is 41.0 Å². The van der Waals surface area contributed by atoms with Crippen molar-refractivity contribution < 1.29 is 9.59 Å². The first-order valence-electron chi connectivity index (χ1n) is 10.3. The number of allylic oxidation sites excluding steroid dienone is 1. The fourth-order valence-corrected chi connectivity index (χ4v) is 4.14. The minimum atomic E-state index is -0.252. The van der Waals surface area contributed by atoms with Crippen LogP contribution in [0.5, 0.6) is 0 Å². The molecule has 0 radical (unpaired) electrons. The summed E-state index contributed by atoms with van der Waals surface area (Å²) in [5, 5.41) is 3.12. The maximum atomic E-state index is 12.8. The van der Waals surface area contributed by atoms with Gasteiger partial charge in [-0.05, 0) is 56.1 Å². The number of para-hydroxylation sites is 1. The predicted molar refractivity (Wildman–Crippen MR) is 110 cm³/mol. The molecule has 1 N–H and O–H groups in total. The lowest BCUT2D eigenvalue weighted by molar-refractivity contribution is -0.128. The van der Waals surface area contributed by atoms with Gasteiger partial charge in [-0.1, -0.05) is 43.7 Å². The smallest absolute Gasteiger partial charge is 0.229 e. The lowest BCUT2D eigenvalue weighted by Crippen LogP contribution is -2.29. The van der Waals surface area contributed by atoms with E-state index in [9.17, 15) is 9.59 Å². The quantitative estimate of drug-likeness (QED) is 0.734. The number of rotatable bonds is 6. The van der Waals surface area contributed by atoms with Crippen LogP contribution < -0.4 is 5.32 Å². The van der Waals surface area contributed by atoms with Crippen LogP contribution in [0.2, 0.25) is 0 Å². The first kappa shape index (κ1) is 19.7. The Morgan fingerprint density at radius 2 is 2.11 bits per heavy atom. The Balaban J connectivity index is 1.60. The summed E-state index contributed by atoms with van der Waals surface area (Å²) in [6, 6.07) is 6.11. The van der Waals surface area contributed by atoms with Crippen LogP contribution in [0.3, 0.4) is 0 Å². The minimum absolute atomic E-state index is 0.0288. The molecule has 1 aliphatic carbocycles. The van der Waals surface area contributed by atoms with Crippen molar-refractivity contribution in [3.8, 4) is 0 Å². The molecule has 0 aromatic heterocycles. The van der Waals surface area contributed by atoms with Crippen molar-refractivity contribution in [3.63, 3.8) is 0 Å². The highest BCUT2D eigenvalue weighted by Gasteiger charge is 2.34. The van der Waals surface area contributed by atoms with E-state index in [0.29, 0.717) is 18.9 Å². The standard InChI is InChI=1S/C23H32N2O2/c1-16(2)20-11-7-8-17(3)22(20)24-23(27)19-14-21(26)25(15-19)13-12-18-9-5-4-6-10-18/h7-9,11,16,19H,4-6,10,12-15H2,1-3H3,(H,24,27). The van der Waals surface area contributed by atoms with Crippen molar-refractivity contribution in [2.45, 2.75) is 65.2 Å². The number of carbonyl (C=O) groups excluding carboxylic acids is 2. The van der Waals surface area contributed by atoms with Gasteiger partial charge < -0.3 is 10.2 Å². The van der Waals surface area contributed by atoms with Gasteiger partial charge in [0.1, 0.15) is 0 Å². The summed E-state index contributed by atoms with van der Waals surface area (Å²) < 4.78 is 0. The zero-order chi connectivity index (χ0) is 19.4. The van der Waals surface area contributed by atoms with E-state index in [0.717, 1.165) is 36.2 Å². The van der Waals surface area contributed by atoms with Gasteiger partial charge in [0.25, 0.3) is 0 Å². The minimum Gasteiger partial charge on any atom is -0.342 e. The number of anilines is 1. The van der Waals surface area contributed by atoms with E-state index in [4.69, 9.17) is 0 Å². The molecule has 2 amide bonds. The van der Waals surface area contributed by atoms with E-state index in [1.807, 2.05) is 24.0 Å². The Morgan fingerprint density at radius 3 is 2.81 bits per heavy atom. The molecular weight excluding hydrogens is 336 g/mol. The third-order valence-corrected chi connectivity index (χ3v) is 5.85. The zero-order valence-electron chi connectivity index (χ0n) is 16.9. The van der Waals surface area contributed by atoms with Crippen LogP contribution in [0.1, 0.15) is 69.4 Å². The van der Waals surface area contributed by atoms with Crippen LogP contribution in [-0.2, 0) is 9.59 Å². The summed E-state index contributed by atoms with van der Waals surface area (Å²) in [5.74, 6) is 0.169. The number of likely N-dealkylation sites (tertiary alicyclic amines) is 1. The summed E-state index contributed by atoms with van der Waals surface area (Å²) in [5.41, 5.74) is 4.60. The van der Waals surface area contributed by atoms with Crippen LogP contribution >= 0.6 is 0 Å². The average Bonchev–Trinajstić information content (AvgIpc) is 3.03. The van der Waals surface area contributed by atoms with Crippen molar-refractivity contribution in [1.82, 2.24) is 4.90 Å². The van der Waals surface area contributed by atoms with Gasteiger partial charge >= 0.3 is 0 Å². The monoisotopic (exact) mass is 368 g/mol. The second-order valence-corrected chi connectivity index (χ2v) is 8.28. The predicted octanol–water partition coefficient (Wildman–Crippen LogP) is 4.80. The molecule has 4 nitrogen and oxygen atoms in total. The van der Waals surface area contributed by atoms with E-state index in [2.05, 4.69) is 31.3 Å².